The zero-order valence-electron chi connectivity index (χ0n) is 12.6. The molecule has 0 saturated heterocycles. The largest absolute Gasteiger partial charge is 0.364 e. The van der Waals surface area contributed by atoms with Gasteiger partial charge in [0, 0.05) is 36.3 Å². The van der Waals surface area contributed by atoms with Gasteiger partial charge in [-0.3, -0.25) is 9.48 Å². The summed E-state index contributed by atoms with van der Waals surface area (Å²) in [7, 11) is 3.80. The molecule has 2 heterocycles. The van der Waals surface area contributed by atoms with E-state index in [0.717, 1.165) is 33.4 Å². The lowest BCUT2D eigenvalue weighted by atomic mass is 10.0. The van der Waals surface area contributed by atoms with Gasteiger partial charge in [0.25, 0.3) is 5.91 Å². The molecule has 5 heteroatoms. The first-order valence-electron chi connectivity index (χ1n) is 6.80. The molecule has 0 aliphatic carbocycles. The van der Waals surface area contributed by atoms with Crippen molar-refractivity contribution in [1.82, 2.24) is 14.3 Å². The van der Waals surface area contributed by atoms with Crippen LogP contribution in [0, 0.1) is 13.8 Å². The van der Waals surface area contributed by atoms with E-state index in [-0.39, 0.29) is 0 Å². The fourth-order valence-corrected chi connectivity index (χ4v) is 3.02. The van der Waals surface area contributed by atoms with Crippen LogP contribution in [0.1, 0.15) is 21.9 Å². The Labute approximate surface area is 123 Å². The van der Waals surface area contributed by atoms with Crippen LogP contribution in [0.3, 0.4) is 0 Å². The maximum Gasteiger partial charge on any atom is 0.265 e. The number of nitrogens with zero attached hydrogens (tertiary/aromatic N) is 3. The average molecular weight is 282 g/mol. The first-order valence-corrected chi connectivity index (χ1v) is 6.80. The van der Waals surface area contributed by atoms with Gasteiger partial charge < -0.3 is 10.3 Å². The van der Waals surface area contributed by atoms with Crippen LogP contribution in [0.5, 0.6) is 0 Å². The zero-order valence-corrected chi connectivity index (χ0v) is 12.6. The predicted octanol–water partition coefficient (Wildman–Crippen LogP) is 2.29. The van der Waals surface area contributed by atoms with Crippen LogP contribution in [-0.2, 0) is 14.1 Å². The Bertz CT molecular complexity index is 870. The monoisotopic (exact) mass is 282 g/mol. The molecule has 0 radical (unpaired) electrons. The van der Waals surface area contributed by atoms with E-state index in [1.165, 1.54) is 0 Å². The van der Waals surface area contributed by atoms with Crippen molar-refractivity contribution in [2.75, 3.05) is 0 Å². The van der Waals surface area contributed by atoms with E-state index in [0.29, 0.717) is 5.69 Å². The highest BCUT2D eigenvalue weighted by atomic mass is 16.1. The Morgan fingerprint density at radius 3 is 2.52 bits per heavy atom. The molecule has 108 valence electrons. The molecule has 1 amide bonds. The van der Waals surface area contributed by atoms with Crippen LogP contribution in [0.2, 0.25) is 0 Å². The number of para-hydroxylation sites is 1. The van der Waals surface area contributed by atoms with Gasteiger partial charge in [0.1, 0.15) is 5.69 Å². The van der Waals surface area contributed by atoms with Crippen LogP contribution in [0.25, 0.3) is 22.0 Å². The molecular weight excluding hydrogens is 264 g/mol. The molecule has 0 unspecified atom stereocenters. The summed E-state index contributed by atoms with van der Waals surface area (Å²) in [6.45, 7) is 4.05. The Hall–Kier alpha value is -2.56. The first kappa shape index (κ1) is 13.4. The molecule has 2 aromatic heterocycles. The summed E-state index contributed by atoms with van der Waals surface area (Å²) in [5.74, 6) is -0.417. The second kappa shape index (κ2) is 4.48. The van der Waals surface area contributed by atoms with Crippen molar-refractivity contribution >= 4 is 16.8 Å². The van der Waals surface area contributed by atoms with Gasteiger partial charge >= 0.3 is 0 Å². The van der Waals surface area contributed by atoms with E-state index < -0.39 is 5.91 Å². The van der Waals surface area contributed by atoms with Crippen molar-refractivity contribution in [2.24, 2.45) is 19.8 Å². The summed E-state index contributed by atoms with van der Waals surface area (Å²) in [6, 6.07) is 7.88. The van der Waals surface area contributed by atoms with Crippen LogP contribution >= 0.6 is 0 Å². The van der Waals surface area contributed by atoms with E-state index in [4.69, 9.17) is 5.73 Å². The van der Waals surface area contributed by atoms with Crippen molar-refractivity contribution in [3.8, 4) is 11.1 Å². The number of rotatable bonds is 2. The lowest BCUT2D eigenvalue weighted by Crippen LogP contribution is -2.15. The van der Waals surface area contributed by atoms with E-state index in [1.54, 1.807) is 0 Å². The molecule has 5 nitrogen and oxygen atoms in total. The third kappa shape index (κ3) is 1.85. The quantitative estimate of drug-likeness (QED) is 0.783. The van der Waals surface area contributed by atoms with Gasteiger partial charge in [-0.1, -0.05) is 18.2 Å². The molecule has 3 aromatic rings. The molecule has 0 aliphatic heterocycles. The minimum atomic E-state index is -0.417. The van der Waals surface area contributed by atoms with Gasteiger partial charge in [-0.2, -0.15) is 5.10 Å². The predicted molar refractivity (Wildman–Crippen MR) is 83.1 cm³/mol. The number of nitrogens with two attached hydrogens (primary N) is 1. The number of benzene rings is 1. The Kier molecular flexibility index (Phi) is 2.86. The van der Waals surface area contributed by atoms with Crippen LogP contribution in [-0.4, -0.2) is 20.3 Å². The standard InChI is InChI=1S/C16H18N4O/c1-9-14(10(2)20(4)18-9)12-7-5-6-11-8-13(16(17)21)19(3)15(11)12/h5-8H,1-4H3,(H2,17,21). The molecule has 0 aliphatic rings. The maximum atomic E-state index is 11.6. The van der Waals surface area contributed by atoms with Crippen molar-refractivity contribution in [3.05, 3.63) is 41.3 Å². The van der Waals surface area contributed by atoms with Crippen molar-refractivity contribution in [1.29, 1.82) is 0 Å². The topological polar surface area (TPSA) is 65.8 Å². The smallest absolute Gasteiger partial charge is 0.265 e. The fraction of sp³-hybridized carbons (Fsp3) is 0.250. The van der Waals surface area contributed by atoms with E-state index in [9.17, 15) is 4.79 Å². The van der Waals surface area contributed by atoms with Gasteiger partial charge in [-0.15, -0.1) is 0 Å². The molecule has 2 N–H and O–H groups in total. The van der Waals surface area contributed by atoms with E-state index in [1.807, 2.05) is 55.4 Å². The number of aryl methyl sites for hydroxylation is 3. The summed E-state index contributed by atoms with van der Waals surface area (Å²) in [5, 5.41) is 5.49. The Balaban J connectivity index is 2.41. The number of amides is 1. The molecule has 0 spiro atoms. The molecule has 0 saturated carbocycles. The number of hydrogen-bond acceptors (Lipinski definition) is 2. The van der Waals surface area contributed by atoms with Gasteiger partial charge in [0.15, 0.2) is 0 Å². The minimum absolute atomic E-state index is 0.417. The third-order valence-corrected chi connectivity index (χ3v) is 4.09. The van der Waals surface area contributed by atoms with Gasteiger partial charge in [0.05, 0.1) is 11.2 Å². The lowest BCUT2D eigenvalue weighted by molar-refractivity contribution is 0.0993. The van der Waals surface area contributed by atoms with Gasteiger partial charge in [0.2, 0.25) is 0 Å². The molecule has 0 atom stereocenters. The molecule has 21 heavy (non-hydrogen) atoms. The molecule has 0 fully saturated rings. The Morgan fingerprint density at radius 1 is 1.24 bits per heavy atom. The first-order chi connectivity index (χ1) is 9.91. The second-order valence-corrected chi connectivity index (χ2v) is 5.37. The number of carbonyl (C=O) groups is 1. The lowest BCUT2D eigenvalue weighted by Gasteiger charge is -2.08. The second-order valence-electron chi connectivity index (χ2n) is 5.37. The number of aromatic nitrogens is 3. The molecule has 0 bridgehead atoms. The minimum Gasteiger partial charge on any atom is -0.364 e. The zero-order chi connectivity index (χ0) is 15.3. The SMILES string of the molecule is Cc1nn(C)c(C)c1-c1cccc2cc(C(N)=O)n(C)c12. The van der Waals surface area contributed by atoms with Crippen LogP contribution < -0.4 is 5.73 Å². The number of fused-ring (bicyclic) bond motifs is 1. The summed E-state index contributed by atoms with van der Waals surface area (Å²) in [4.78, 5) is 11.6. The van der Waals surface area contributed by atoms with E-state index in [2.05, 4.69) is 11.2 Å². The van der Waals surface area contributed by atoms with Crippen molar-refractivity contribution in [2.45, 2.75) is 13.8 Å². The highest BCUT2D eigenvalue weighted by Crippen LogP contribution is 2.34. The normalized spacial score (nSPS) is 11.2. The summed E-state index contributed by atoms with van der Waals surface area (Å²) < 4.78 is 3.74. The summed E-state index contributed by atoms with van der Waals surface area (Å²) in [6.07, 6.45) is 0. The maximum absolute atomic E-state index is 11.6. The molecule has 1 aromatic carbocycles. The number of carbonyl (C=O) groups excluding carboxylic acids is 1. The summed E-state index contributed by atoms with van der Waals surface area (Å²) in [5.41, 5.74) is 11.2. The van der Waals surface area contributed by atoms with Crippen molar-refractivity contribution in [3.63, 3.8) is 0 Å². The Morgan fingerprint density at radius 2 is 1.95 bits per heavy atom. The van der Waals surface area contributed by atoms with Crippen LogP contribution in [0.15, 0.2) is 24.3 Å². The van der Waals surface area contributed by atoms with Gasteiger partial charge in [-0.05, 0) is 19.9 Å². The van der Waals surface area contributed by atoms with E-state index >= 15 is 0 Å². The fourth-order valence-electron chi connectivity index (χ4n) is 3.02. The third-order valence-electron chi connectivity index (χ3n) is 4.09. The number of primary amides is 1. The molecular formula is C16H18N4O. The molecule has 3 rings (SSSR count). The van der Waals surface area contributed by atoms with Gasteiger partial charge in [-0.25, -0.2) is 0 Å². The van der Waals surface area contributed by atoms with Crippen molar-refractivity contribution < 1.29 is 4.79 Å². The highest BCUT2D eigenvalue weighted by Gasteiger charge is 2.18. The average Bonchev–Trinajstić information content (AvgIpc) is 2.88. The summed E-state index contributed by atoms with van der Waals surface area (Å²) >= 11 is 0. The highest BCUT2D eigenvalue weighted by molar-refractivity contribution is 6.02. The number of hydrogen-bond donors (Lipinski definition) is 1. The van der Waals surface area contributed by atoms with Crippen LogP contribution in [0.4, 0.5) is 0 Å².